The number of hydrogen-bond donors (Lipinski definition) is 3. The summed E-state index contributed by atoms with van der Waals surface area (Å²) in [5, 5.41) is 27.8. The zero-order valence-corrected chi connectivity index (χ0v) is 12.9. The Morgan fingerprint density at radius 2 is 2.04 bits per heavy atom. The predicted molar refractivity (Wildman–Crippen MR) is 84.7 cm³/mol. The molecule has 0 spiro atoms. The Morgan fingerprint density at radius 1 is 1.30 bits per heavy atom. The second kappa shape index (κ2) is 5.08. The van der Waals surface area contributed by atoms with Gasteiger partial charge in [0.05, 0.1) is 16.7 Å². The number of nitrogens with zero attached hydrogens (tertiary/aromatic N) is 2. The van der Waals surface area contributed by atoms with Crippen LogP contribution in [0, 0.1) is 5.41 Å². The lowest BCUT2D eigenvalue weighted by molar-refractivity contribution is 0.0695. The number of carbonyl (C=O) groups is 1. The van der Waals surface area contributed by atoms with E-state index in [1.54, 1.807) is 17.0 Å². The Bertz CT molecular complexity index is 814. The molecular weight excluding hydrogens is 294 g/mol. The van der Waals surface area contributed by atoms with Crippen LogP contribution in [-0.4, -0.2) is 31.9 Å². The molecular formula is C17H17N3O3. The van der Waals surface area contributed by atoms with Crippen molar-refractivity contribution in [2.24, 2.45) is 0 Å². The van der Waals surface area contributed by atoms with Gasteiger partial charge in [0.2, 0.25) is 0 Å². The summed E-state index contributed by atoms with van der Waals surface area (Å²) in [6.07, 6.45) is 2.90. The van der Waals surface area contributed by atoms with Gasteiger partial charge in [-0.1, -0.05) is 12.1 Å². The van der Waals surface area contributed by atoms with Crippen molar-refractivity contribution in [3.63, 3.8) is 0 Å². The molecule has 1 aromatic heterocycles. The number of carboxylic acids is 1. The Morgan fingerprint density at radius 3 is 2.70 bits per heavy atom. The third-order valence-electron chi connectivity index (χ3n) is 4.38. The maximum atomic E-state index is 11.5. The molecule has 1 aromatic carbocycles. The molecule has 1 aliphatic heterocycles. The number of amidine groups is 1. The molecule has 0 aliphatic carbocycles. The summed E-state index contributed by atoms with van der Waals surface area (Å²) in [5.41, 5.74) is 1.61. The topological polar surface area (TPSA) is 97.5 Å². The predicted octanol–water partition coefficient (Wildman–Crippen LogP) is 2.56. The van der Waals surface area contributed by atoms with E-state index in [9.17, 15) is 15.0 Å². The monoisotopic (exact) mass is 311 g/mol. The van der Waals surface area contributed by atoms with E-state index < -0.39 is 11.5 Å². The maximum Gasteiger partial charge on any atom is 0.336 e. The molecule has 6 nitrogen and oxygen atoms in total. The first-order valence-corrected chi connectivity index (χ1v) is 7.19. The van der Waals surface area contributed by atoms with Crippen LogP contribution in [0.4, 0.5) is 0 Å². The fourth-order valence-corrected chi connectivity index (χ4v) is 3.11. The van der Waals surface area contributed by atoms with Crippen molar-refractivity contribution >= 4 is 11.8 Å². The van der Waals surface area contributed by atoms with E-state index >= 15 is 0 Å². The van der Waals surface area contributed by atoms with Gasteiger partial charge in [0.1, 0.15) is 11.6 Å². The molecule has 118 valence electrons. The number of rotatable bonds is 2. The minimum atomic E-state index is -0.977. The Balaban J connectivity index is 2.07. The molecule has 0 radical (unpaired) electrons. The lowest BCUT2D eigenvalue weighted by Crippen LogP contribution is -2.40. The summed E-state index contributed by atoms with van der Waals surface area (Å²) in [4.78, 5) is 17.2. The first-order chi connectivity index (χ1) is 10.8. The van der Waals surface area contributed by atoms with Crippen molar-refractivity contribution in [2.75, 3.05) is 0 Å². The van der Waals surface area contributed by atoms with E-state index in [1.807, 2.05) is 19.9 Å². The van der Waals surface area contributed by atoms with Crippen LogP contribution in [0.1, 0.15) is 40.9 Å². The van der Waals surface area contributed by atoms with Gasteiger partial charge in [0.15, 0.2) is 0 Å². The number of benzene rings is 1. The average Bonchev–Trinajstić information content (AvgIpc) is 2.78. The SMILES string of the molecule is CC1(C)c2cccc(C(=O)O)c2CN1C(=N)c1cnccc1O. The maximum absolute atomic E-state index is 11.5. The van der Waals surface area contributed by atoms with Crippen molar-refractivity contribution in [3.8, 4) is 5.75 Å². The molecule has 23 heavy (non-hydrogen) atoms. The van der Waals surface area contributed by atoms with E-state index in [-0.39, 0.29) is 17.1 Å². The van der Waals surface area contributed by atoms with Crippen LogP contribution in [-0.2, 0) is 12.1 Å². The second-order valence-corrected chi connectivity index (χ2v) is 6.02. The third kappa shape index (κ3) is 2.23. The fourth-order valence-electron chi connectivity index (χ4n) is 3.11. The molecule has 0 saturated carbocycles. The van der Waals surface area contributed by atoms with Crippen LogP contribution in [0.2, 0.25) is 0 Å². The minimum absolute atomic E-state index is 0.0183. The highest BCUT2D eigenvalue weighted by Gasteiger charge is 2.41. The van der Waals surface area contributed by atoms with Crippen LogP contribution in [0.5, 0.6) is 5.75 Å². The number of carboxylic acid groups (broad SMARTS) is 1. The number of nitrogens with one attached hydrogen (secondary N) is 1. The first kappa shape index (κ1) is 15.0. The van der Waals surface area contributed by atoms with Crippen LogP contribution in [0.15, 0.2) is 36.7 Å². The highest BCUT2D eigenvalue weighted by molar-refractivity contribution is 6.00. The Hall–Kier alpha value is -2.89. The van der Waals surface area contributed by atoms with Crippen molar-refractivity contribution in [3.05, 3.63) is 58.9 Å². The minimum Gasteiger partial charge on any atom is -0.507 e. The molecule has 6 heteroatoms. The smallest absolute Gasteiger partial charge is 0.336 e. The number of hydrogen-bond acceptors (Lipinski definition) is 4. The number of pyridine rings is 1. The molecule has 0 atom stereocenters. The molecule has 1 aliphatic rings. The zero-order valence-electron chi connectivity index (χ0n) is 12.9. The Kier molecular flexibility index (Phi) is 3.32. The highest BCUT2D eigenvalue weighted by atomic mass is 16.4. The number of aromatic nitrogens is 1. The van der Waals surface area contributed by atoms with Gasteiger partial charge in [-0.15, -0.1) is 0 Å². The summed E-state index contributed by atoms with van der Waals surface area (Å²) < 4.78 is 0. The lowest BCUT2D eigenvalue weighted by atomic mass is 9.91. The Labute approximate surface area is 133 Å². The van der Waals surface area contributed by atoms with Gasteiger partial charge < -0.3 is 15.1 Å². The standard InChI is InChI=1S/C17H17N3O3/c1-17(2)13-5-3-4-10(16(22)23)12(13)9-20(17)15(18)11-8-19-7-6-14(11)21/h3-8,18H,9H2,1-2H3,(H,19,21)(H,22,23). The molecule has 0 saturated heterocycles. The van der Waals surface area contributed by atoms with Gasteiger partial charge >= 0.3 is 5.97 Å². The zero-order chi connectivity index (χ0) is 16.8. The summed E-state index contributed by atoms with van der Waals surface area (Å²) in [7, 11) is 0. The van der Waals surface area contributed by atoms with Gasteiger partial charge in [0, 0.05) is 18.9 Å². The normalized spacial score (nSPS) is 15.3. The van der Waals surface area contributed by atoms with Crippen molar-refractivity contribution in [2.45, 2.75) is 25.9 Å². The molecule has 2 heterocycles. The van der Waals surface area contributed by atoms with E-state index in [0.29, 0.717) is 17.7 Å². The second-order valence-electron chi connectivity index (χ2n) is 6.02. The van der Waals surface area contributed by atoms with Gasteiger partial charge in [-0.2, -0.15) is 0 Å². The lowest BCUT2D eigenvalue weighted by Gasteiger charge is -2.34. The van der Waals surface area contributed by atoms with Gasteiger partial charge in [-0.25, -0.2) is 4.79 Å². The van der Waals surface area contributed by atoms with Crippen LogP contribution in [0.25, 0.3) is 0 Å². The number of aromatic carboxylic acids is 1. The molecule has 0 amide bonds. The average molecular weight is 311 g/mol. The van der Waals surface area contributed by atoms with Crippen molar-refractivity contribution in [1.82, 2.24) is 9.88 Å². The molecule has 3 N–H and O–H groups in total. The van der Waals surface area contributed by atoms with Gasteiger partial charge in [-0.05, 0) is 37.1 Å². The fraction of sp³-hybridized carbons (Fsp3) is 0.235. The van der Waals surface area contributed by atoms with Crippen LogP contribution in [0.3, 0.4) is 0 Å². The summed E-state index contributed by atoms with van der Waals surface area (Å²) in [6, 6.07) is 6.62. The first-order valence-electron chi connectivity index (χ1n) is 7.19. The number of fused-ring (bicyclic) bond motifs is 1. The molecule has 0 unspecified atom stereocenters. The third-order valence-corrected chi connectivity index (χ3v) is 4.38. The molecule has 0 bridgehead atoms. The van der Waals surface area contributed by atoms with E-state index in [1.165, 1.54) is 18.5 Å². The largest absolute Gasteiger partial charge is 0.507 e. The van der Waals surface area contributed by atoms with E-state index in [0.717, 1.165) is 5.56 Å². The van der Waals surface area contributed by atoms with Gasteiger partial charge in [-0.3, -0.25) is 10.4 Å². The van der Waals surface area contributed by atoms with E-state index in [4.69, 9.17) is 5.41 Å². The molecule has 3 rings (SSSR count). The van der Waals surface area contributed by atoms with Crippen LogP contribution < -0.4 is 0 Å². The number of aromatic hydroxyl groups is 1. The van der Waals surface area contributed by atoms with Gasteiger partial charge in [0.25, 0.3) is 0 Å². The van der Waals surface area contributed by atoms with E-state index in [2.05, 4.69) is 4.98 Å². The van der Waals surface area contributed by atoms with Crippen molar-refractivity contribution in [1.29, 1.82) is 5.41 Å². The summed E-state index contributed by atoms with van der Waals surface area (Å²) in [6.45, 7) is 4.18. The van der Waals surface area contributed by atoms with Crippen molar-refractivity contribution < 1.29 is 15.0 Å². The molecule has 0 fully saturated rings. The quantitative estimate of drug-likeness (QED) is 0.585. The van der Waals surface area contributed by atoms with Crippen LogP contribution >= 0.6 is 0 Å². The summed E-state index contributed by atoms with van der Waals surface area (Å²) >= 11 is 0. The summed E-state index contributed by atoms with van der Waals surface area (Å²) in [5.74, 6) is -0.876. The molecule has 2 aromatic rings. The highest BCUT2D eigenvalue weighted by Crippen LogP contribution is 2.41.